The zero-order valence-electron chi connectivity index (χ0n) is 10.7. The first kappa shape index (κ1) is 12.5. The number of benzene rings is 1. The predicted molar refractivity (Wildman–Crippen MR) is 74.6 cm³/mol. The van der Waals surface area contributed by atoms with Crippen LogP contribution in [0.4, 0.5) is 11.4 Å². The number of oxime groups is 1. The number of rotatable bonds is 4. The van der Waals surface area contributed by atoms with Crippen molar-refractivity contribution in [3.8, 4) is 0 Å². The largest absolute Gasteiger partial charge is 0.409 e. The summed E-state index contributed by atoms with van der Waals surface area (Å²) in [5.41, 5.74) is 8.02. The highest BCUT2D eigenvalue weighted by molar-refractivity contribution is 5.79. The summed E-state index contributed by atoms with van der Waals surface area (Å²) in [5.74, 6) is 0.303. The van der Waals surface area contributed by atoms with Gasteiger partial charge in [-0.25, -0.2) is 0 Å². The molecular weight excluding hydrogens is 228 g/mol. The number of anilines is 2. The molecule has 1 aliphatic rings. The van der Waals surface area contributed by atoms with Crippen LogP contribution in [0, 0.1) is 0 Å². The second-order valence-corrected chi connectivity index (χ2v) is 4.59. The molecule has 3 N–H and O–H groups in total. The average molecular weight is 248 g/mol. The van der Waals surface area contributed by atoms with Crippen LogP contribution in [0.3, 0.4) is 0 Å². The van der Waals surface area contributed by atoms with E-state index in [0.717, 1.165) is 26.1 Å². The Kier molecular flexibility index (Phi) is 3.92. The fraction of sp³-hybridized carbons (Fsp3) is 0.462. The topological polar surface area (TPSA) is 65.1 Å². The van der Waals surface area contributed by atoms with Gasteiger partial charge < -0.3 is 20.7 Å². The SMILES string of the molecule is CN1CCN(CCCC(N)=NO)c2ccccc21. The normalized spacial score (nSPS) is 15.7. The zero-order chi connectivity index (χ0) is 13.0. The molecule has 0 amide bonds. The van der Waals surface area contributed by atoms with Gasteiger partial charge >= 0.3 is 0 Å². The maximum atomic E-state index is 8.51. The van der Waals surface area contributed by atoms with Gasteiger partial charge in [0.05, 0.1) is 11.4 Å². The average Bonchev–Trinajstić information content (AvgIpc) is 2.41. The van der Waals surface area contributed by atoms with E-state index in [4.69, 9.17) is 10.9 Å². The van der Waals surface area contributed by atoms with E-state index in [1.54, 1.807) is 0 Å². The van der Waals surface area contributed by atoms with Gasteiger partial charge in [-0.3, -0.25) is 0 Å². The van der Waals surface area contributed by atoms with E-state index >= 15 is 0 Å². The molecule has 0 spiro atoms. The first-order chi connectivity index (χ1) is 8.72. The number of hydrogen-bond acceptors (Lipinski definition) is 4. The van der Waals surface area contributed by atoms with Gasteiger partial charge in [-0.05, 0) is 18.6 Å². The van der Waals surface area contributed by atoms with Crippen molar-refractivity contribution in [2.24, 2.45) is 10.9 Å². The summed E-state index contributed by atoms with van der Waals surface area (Å²) in [4.78, 5) is 4.63. The van der Waals surface area contributed by atoms with Crippen LogP contribution >= 0.6 is 0 Å². The molecular formula is C13H20N4O. The Hall–Kier alpha value is -1.91. The first-order valence-electron chi connectivity index (χ1n) is 6.24. The fourth-order valence-electron chi connectivity index (χ4n) is 2.30. The van der Waals surface area contributed by atoms with Gasteiger partial charge in [0.25, 0.3) is 0 Å². The van der Waals surface area contributed by atoms with Gasteiger partial charge in [-0.2, -0.15) is 0 Å². The molecule has 1 aromatic carbocycles. The number of hydrogen-bond donors (Lipinski definition) is 2. The zero-order valence-corrected chi connectivity index (χ0v) is 10.7. The number of likely N-dealkylation sites (N-methyl/N-ethyl adjacent to an activating group) is 1. The number of fused-ring (bicyclic) bond motifs is 1. The van der Waals surface area contributed by atoms with Crippen molar-refractivity contribution in [3.63, 3.8) is 0 Å². The molecule has 0 saturated carbocycles. The monoisotopic (exact) mass is 248 g/mol. The lowest BCUT2D eigenvalue weighted by Crippen LogP contribution is -2.39. The molecule has 0 unspecified atom stereocenters. The Morgan fingerprint density at radius 3 is 2.78 bits per heavy atom. The smallest absolute Gasteiger partial charge is 0.139 e. The third-order valence-corrected chi connectivity index (χ3v) is 3.33. The number of para-hydroxylation sites is 2. The molecule has 5 heteroatoms. The summed E-state index contributed by atoms with van der Waals surface area (Å²) in [7, 11) is 2.12. The lowest BCUT2D eigenvalue weighted by molar-refractivity contribution is 0.316. The van der Waals surface area contributed by atoms with Crippen LogP contribution in [-0.2, 0) is 0 Å². The Morgan fingerprint density at radius 1 is 1.33 bits per heavy atom. The van der Waals surface area contributed by atoms with E-state index in [2.05, 4.69) is 46.3 Å². The number of amidine groups is 1. The van der Waals surface area contributed by atoms with Crippen molar-refractivity contribution in [1.82, 2.24) is 0 Å². The van der Waals surface area contributed by atoms with E-state index in [0.29, 0.717) is 12.3 Å². The van der Waals surface area contributed by atoms with Gasteiger partial charge in [0, 0.05) is 33.1 Å². The van der Waals surface area contributed by atoms with E-state index in [1.165, 1.54) is 11.4 Å². The molecule has 2 rings (SSSR count). The van der Waals surface area contributed by atoms with E-state index in [-0.39, 0.29) is 0 Å². The minimum Gasteiger partial charge on any atom is -0.409 e. The minimum absolute atomic E-state index is 0.303. The highest BCUT2D eigenvalue weighted by Gasteiger charge is 2.18. The van der Waals surface area contributed by atoms with Gasteiger partial charge in [-0.15, -0.1) is 0 Å². The van der Waals surface area contributed by atoms with Crippen molar-refractivity contribution < 1.29 is 5.21 Å². The number of nitrogens with zero attached hydrogens (tertiary/aromatic N) is 3. The molecule has 0 aromatic heterocycles. The number of nitrogens with two attached hydrogens (primary N) is 1. The molecule has 0 atom stereocenters. The Morgan fingerprint density at radius 2 is 2.06 bits per heavy atom. The second-order valence-electron chi connectivity index (χ2n) is 4.59. The summed E-state index contributed by atoms with van der Waals surface area (Å²) >= 11 is 0. The maximum absolute atomic E-state index is 8.51. The van der Waals surface area contributed by atoms with E-state index < -0.39 is 0 Å². The molecule has 0 aliphatic carbocycles. The standard InChI is InChI=1S/C13H20N4O/c1-16-9-10-17(8-4-7-13(14)15-18)12-6-3-2-5-11(12)16/h2-3,5-6,18H,4,7-10H2,1H3,(H2,14,15). The highest BCUT2D eigenvalue weighted by Crippen LogP contribution is 2.31. The van der Waals surface area contributed by atoms with Crippen LogP contribution in [-0.4, -0.2) is 37.7 Å². The van der Waals surface area contributed by atoms with Gasteiger partial charge in [0.2, 0.25) is 0 Å². The quantitative estimate of drug-likeness (QED) is 0.366. The first-order valence-corrected chi connectivity index (χ1v) is 6.24. The van der Waals surface area contributed by atoms with E-state index in [9.17, 15) is 0 Å². The second kappa shape index (κ2) is 5.62. The summed E-state index contributed by atoms with van der Waals surface area (Å²) in [5, 5.41) is 11.5. The lowest BCUT2D eigenvalue weighted by Gasteiger charge is -2.37. The van der Waals surface area contributed by atoms with Gasteiger partial charge in [-0.1, -0.05) is 17.3 Å². The molecule has 0 bridgehead atoms. The van der Waals surface area contributed by atoms with Gasteiger partial charge in [0.1, 0.15) is 5.84 Å². The van der Waals surface area contributed by atoms with Gasteiger partial charge in [0.15, 0.2) is 0 Å². The molecule has 98 valence electrons. The summed E-state index contributed by atoms with van der Waals surface area (Å²) in [6, 6.07) is 8.42. The van der Waals surface area contributed by atoms with Crippen molar-refractivity contribution >= 4 is 17.2 Å². The van der Waals surface area contributed by atoms with Crippen LogP contribution in [0.2, 0.25) is 0 Å². The Bertz CT molecular complexity index is 433. The Balaban J connectivity index is 2.01. The van der Waals surface area contributed by atoms with Crippen LogP contribution in [0.5, 0.6) is 0 Å². The molecule has 0 radical (unpaired) electrons. The third-order valence-electron chi connectivity index (χ3n) is 3.33. The van der Waals surface area contributed by atoms with Crippen LogP contribution in [0.1, 0.15) is 12.8 Å². The van der Waals surface area contributed by atoms with Crippen LogP contribution < -0.4 is 15.5 Å². The molecule has 1 aromatic rings. The van der Waals surface area contributed by atoms with Crippen LogP contribution in [0.15, 0.2) is 29.4 Å². The van der Waals surface area contributed by atoms with Crippen molar-refractivity contribution in [1.29, 1.82) is 0 Å². The third kappa shape index (κ3) is 2.67. The predicted octanol–water partition coefficient (Wildman–Crippen LogP) is 1.47. The summed E-state index contributed by atoms with van der Waals surface area (Å²) < 4.78 is 0. The van der Waals surface area contributed by atoms with Crippen molar-refractivity contribution in [2.45, 2.75) is 12.8 Å². The van der Waals surface area contributed by atoms with E-state index in [1.807, 2.05) is 0 Å². The van der Waals surface area contributed by atoms with Crippen LogP contribution in [0.25, 0.3) is 0 Å². The highest BCUT2D eigenvalue weighted by atomic mass is 16.4. The van der Waals surface area contributed by atoms with Crippen molar-refractivity contribution in [3.05, 3.63) is 24.3 Å². The lowest BCUT2D eigenvalue weighted by atomic mass is 10.1. The Labute approximate surface area is 107 Å². The minimum atomic E-state index is 0.303. The molecule has 5 nitrogen and oxygen atoms in total. The molecule has 1 aliphatic heterocycles. The van der Waals surface area contributed by atoms with Crippen molar-refractivity contribution in [2.75, 3.05) is 36.5 Å². The maximum Gasteiger partial charge on any atom is 0.139 e. The molecule has 0 saturated heterocycles. The molecule has 18 heavy (non-hydrogen) atoms. The molecule has 0 fully saturated rings. The fourth-order valence-corrected chi connectivity index (χ4v) is 2.30. The summed E-state index contributed by atoms with van der Waals surface area (Å²) in [6.45, 7) is 2.98. The molecule has 1 heterocycles. The summed E-state index contributed by atoms with van der Waals surface area (Å²) in [6.07, 6.45) is 1.53.